The van der Waals surface area contributed by atoms with E-state index < -0.39 is 17.9 Å². The predicted molar refractivity (Wildman–Crippen MR) is 168 cm³/mol. The van der Waals surface area contributed by atoms with Crippen molar-refractivity contribution in [3.63, 3.8) is 0 Å². The van der Waals surface area contributed by atoms with E-state index in [2.05, 4.69) is 65.2 Å². The number of para-hydroxylation sites is 1. The fourth-order valence-electron chi connectivity index (χ4n) is 5.30. The number of ether oxygens (including phenoxy) is 1. The van der Waals surface area contributed by atoms with Crippen molar-refractivity contribution >= 4 is 23.4 Å². The topological polar surface area (TPSA) is 111 Å². The number of carbonyl (C=O) groups excluding carboxylic acids is 2. The predicted octanol–water partition coefficient (Wildman–Crippen LogP) is 5.32. The van der Waals surface area contributed by atoms with Gasteiger partial charge in [0.25, 0.3) is 5.91 Å². The summed E-state index contributed by atoms with van der Waals surface area (Å²) < 4.78 is 8.15. The van der Waals surface area contributed by atoms with Gasteiger partial charge in [0, 0.05) is 48.8 Å². The normalized spacial score (nSPS) is 15.3. The van der Waals surface area contributed by atoms with Gasteiger partial charge in [0.15, 0.2) is 0 Å². The molecule has 2 heterocycles. The number of hydrogen-bond donors (Lipinski definition) is 3. The number of rotatable bonds is 10. The van der Waals surface area contributed by atoms with Crippen LogP contribution in [0, 0.1) is 0 Å². The zero-order valence-electron chi connectivity index (χ0n) is 24.8. The lowest BCUT2D eigenvalue weighted by molar-refractivity contribution is -0.119. The van der Waals surface area contributed by atoms with Gasteiger partial charge in [-0.05, 0) is 40.3 Å². The first-order chi connectivity index (χ1) is 20.6. The lowest BCUT2D eigenvalue weighted by Crippen LogP contribution is -2.46. The van der Waals surface area contributed by atoms with E-state index >= 15 is 0 Å². The van der Waals surface area contributed by atoms with E-state index in [1.54, 1.807) is 18.2 Å². The summed E-state index contributed by atoms with van der Waals surface area (Å²) in [5, 5.41) is 7.03. The Kier molecular flexibility index (Phi) is 9.18. The Morgan fingerprint density at radius 1 is 1.07 bits per heavy atom. The number of halogens is 1. The summed E-state index contributed by atoms with van der Waals surface area (Å²) in [4.78, 5) is 30.0. The van der Waals surface area contributed by atoms with Crippen molar-refractivity contribution in [3.05, 3.63) is 118 Å². The van der Waals surface area contributed by atoms with E-state index in [-0.39, 0.29) is 17.9 Å². The molecule has 1 aliphatic heterocycles. The second-order valence-corrected chi connectivity index (χ2v) is 12.4. The molecule has 0 radical (unpaired) electrons. The maximum Gasteiger partial charge on any atom is 0.255 e. The van der Waals surface area contributed by atoms with Crippen LogP contribution in [-0.2, 0) is 29.7 Å². The smallest absolute Gasteiger partial charge is 0.255 e. The van der Waals surface area contributed by atoms with Crippen molar-refractivity contribution in [2.24, 2.45) is 5.73 Å². The SMILES string of the molecule is CC(C)(C)c1ccc(Cn2cncc2CNC2CCOc3c(C(=O)N[C@@H](Cc4ccc(Cl)cc4)C(N)=O)cccc32)cc1. The number of nitrogens with two attached hydrogens (primary N) is 1. The molecule has 0 saturated heterocycles. The molecule has 1 aliphatic rings. The molecular formula is C34H38ClN5O3. The van der Waals surface area contributed by atoms with Gasteiger partial charge < -0.3 is 25.7 Å². The van der Waals surface area contributed by atoms with Crippen LogP contribution in [0.1, 0.15) is 71.5 Å². The largest absolute Gasteiger partial charge is 0.492 e. The van der Waals surface area contributed by atoms with Crippen LogP contribution < -0.4 is 21.1 Å². The van der Waals surface area contributed by atoms with Crippen LogP contribution in [0.4, 0.5) is 0 Å². The van der Waals surface area contributed by atoms with Gasteiger partial charge in [-0.25, -0.2) is 4.98 Å². The van der Waals surface area contributed by atoms with Gasteiger partial charge in [0.2, 0.25) is 5.91 Å². The van der Waals surface area contributed by atoms with Gasteiger partial charge in [-0.2, -0.15) is 0 Å². The van der Waals surface area contributed by atoms with Crippen LogP contribution in [-0.4, -0.2) is 34.0 Å². The number of fused-ring (bicyclic) bond motifs is 1. The standard InChI is InChI=1S/C34H38ClN5O3/c1-34(2,3)24-11-7-23(8-12-24)20-40-21-37-18-26(40)19-38-29-15-16-43-31-27(29)5-4-6-28(31)33(42)39-30(32(36)41)17-22-9-13-25(35)14-10-22/h4-14,18,21,29-30,38H,15-17,19-20H2,1-3H3,(H2,36,41)(H,39,42)/t29?,30-/m0/s1. The minimum Gasteiger partial charge on any atom is -0.492 e. The zero-order chi connectivity index (χ0) is 30.6. The first-order valence-electron chi connectivity index (χ1n) is 14.5. The Balaban J connectivity index is 1.26. The molecule has 5 rings (SSSR count). The molecule has 1 unspecified atom stereocenters. The summed E-state index contributed by atoms with van der Waals surface area (Å²) in [5.74, 6) is -0.507. The van der Waals surface area contributed by atoms with Gasteiger partial charge in [-0.3, -0.25) is 9.59 Å². The number of carbonyl (C=O) groups is 2. The van der Waals surface area contributed by atoms with Crippen molar-refractivity contribution in [2.45, 2.75) is 64.2 Å². The molecular weight excluding hydrogens is 562 g/mol. The van der Waals surface area contributed by atoms with E-state index in [0.29, 0.717) is 29.5 Å². The molecule has 1 aromatic heterocycles. The van der Waals surface area contributed by atoms with Crippen LogP contribution >= 0.6 is 11.6 Å². The summed E-state index contributed by atoms with van der Waals surface area (Å²) >= 11 is 5.98. The Morgan fingerprint density at radius 3 is 2.49 bits per heavy atom. The van der Waals surface area contributed by atoms with E-state index in [0.717, 1.165) is 29.8 Å². The molecule has 0 bridgehead atoms. The Morgan fingerprint density at radius 2 is 1.79 bits per heavy atom. The molecule has 9 heteroatoms. The molecule has 43 heavy (non-hydrogen) atoms. The lowest BCUT2D eigenvalue weighted by atomic mass is 9.87. The first-order valence-corrected chi connectivity index (χ1v) is 14.9. The van der Waals surface area contributed by atoms with E-state index in [1.807, 2.05) is 36.8 Å². The maximum atomic E-state index is 13.4. The van der Waals surface area contributed by atoms with Crippen molar-refractivity contribution < 1.29 is 14.3 Å². The number of amides is 2. The van der Waals surface area contributed by atoms with E-state index in [4.69, 9.17) is 22.1 Å². The lowest BCUT2D eigenvalue weighted by Gasteiger charge is -2.28. The fourth-order valence-corrected chi connectivity index (χ4v) is 5.43. The fraction of sp³-hybridized carbons (Fsp3) is 0.324. The Hall–Kier alpha value is -4.14. The molecule has 0 aliphatic carbocycles. The molecule has 2 amide bonds. The number of nitrogens with one attached hydrogen (secondary N) is 2. The minimum atomic E-state index is -0.882. The average molecular weight is 600 g/mol. The molecule has 224 valence electrons. The van der Waals surface area contributed by atoms with Crippen molar-refractivity contribution in [1.29, 1.82) is 0 Å². The highest BCUT2D eigenvalue weighted by molar-refractivity contribution is 6.30. The quantitative estimate of drug-likeness (QED) is 0.228. The van der Waals surface area contributed by atoms with Crippen LogP contribution in [0.15, 0.2) is 79.3 Å². The Labute approximate surface area is 257 Å². The van der Waals surface area contributed by atoms with Crippen LogP contribution in [0.25, 0.3) is 0 Å². The van der Waals surface area contributed by atoms with Gasteiger partial charge in [-0.15, -0.1) is 0 Å². The second-order valence-electron chi connectivity index (χ2n) is 12.0. The monoisotopic (exact) mass is 599 g/mol. The highest BCUT2D eigenvalue weighted by Crippen LogP contribution is 2.35. The highest BCUT2D eigenvalue weighted by Gasteiger charge is 2.28. The van der Waals surface area contributed by atoms with Crippen LogP contribution in [0.3, 0.4) is 0 Å². The maximum absolute atomic E-state index is 13.4. The third kappa shape index (κ3) is 7.45. The average Bonchev–Trinajstić information content (AvgIpc) is 3.42. The summed E-state index contributed by atoms with van der Waals surface area (Å²) in [6.07, 6.45) is 4.74. The minimum absolute atomic E-state index is 0.0214. The summed E-state index contributed by atoms with van der Waals surface area (Å²) in [7, 11) is 0. The number of imidazole rings is 1. The molecule has 8 nitrogen and oxygen atoms in total. The molecule has 4 aromatic rings. The summed E-state index contributed by atoms with van der Waals surface area (Å²) in [5.41, 5.74) is 11.4. The number of benzene rings is 3. The second kappa shape index (κ2) is 13.0. The number of hydrogen-bond acceptors (Lipinski definition) is 5. The number of primary amides is 1. The third-order valence-electron chi connectivity index (χ3n) is 7.82. The third-order valence-corrected chi connectivity index (χ3v) is 8.07. The van der Waals surface area contributed by atoms with E-state index in [9.17, 15) is 9.59 Å². The van der Waals surface area contributed by atoms with Crippen molar-refractivity contribution in [1.82, 2.24) is 20.2 Å². The highest BCUT2D eigenvalue weighted by atomic mass is 35.5. The van der Waals surface area contributed by atoms with Gasteiger partial charge in [0.1, 0.15) is 11.8 Å². The molecule has 4 N–H and O–H groups in total. The molecule has 0 spiro atoms. The van der Waals surface area contributed by atoms with Crippen molar-refractivity contribution in [3.8, 4) is 5.75 Å². The molecule has 3 aromatic carbocycles. The molecule has 2 atom stereocenters. The molecule has 0 fully saturated rings. The zero-order valence-corrected chi connectivity index (χ0v) is 25.5. The van der Waals surface area contributed by atoms with E-state index in [1.165, 1.54) is 11.1 Å². The Bertz CT molecular complexity index is 1580. The summed E-state index contributed by atoms with van der Waals surface area (Å²) in [6.45, 7) is 8.43. The first kappa shape index (κ1) is 30.3. The van der Waals surface area contributed by atoms with Crippen LogP contribution in [0.2, 0.25) is 5.02 Å². The van der Waals surface area contributed by atoms with Crippen molar-refractivity contribution in [2.75, 3.05) is 6.61 Å². The van der Waals surface area contributed by atoms with Gasteiger partial charge >= 0.3 is 0 Å². The number of nitrogens with zero attached hydrogens (tertiary/aromatic N) is 2. The van der Waals surface area contributed by atoms with Crippen LogP contribution in [0.5, 0.6) is 5.75 Å². The molecule has 0 saturated carbocycles. The summed E-state index contributed by atoms with van der Waals surface area (Å²) in [6, 6.07) is 20.4. The number of aromatic nitrogens is 2. The van der Waals surface area contributed by atoms with Gasteiger partial charge in [0.05, 0.1) is 24.2 Å². The van der Waals surface area contributed by atoms with Gasteiger partial charge in [-0.1, -0.05) is 80.9 Å².